The molecule has 2 aromatic rings. The number of carboxylic acids is 1. The Kier molecular flexibility index (Phi) is 4.87. The Labute approximate surface area is 149 Å². The lowest BCUT2D eigenvalue weighted by atomic mass is 9.77. The van der Waals surface area contributed by atoms with E-state index in [1.165, 1.54) is 19.5 Å². The van der Waals surface area contributed by atoms with Crippen LogP contribution in [0.25, 0.3) is 0 Å². The van der Waals surface area contributed by atoms with Gasteiger partial charge in [0.1, 0.15) is 11.4 Å². The number of ether oxygens (including phenoxy) is 2. The zero-order chi connectivity index (χ0) is 18.8. The number of benzene rings is 1. The van der Waals surface area contributed by atoms with E-state index in [1.54, 1.807) is 19.1 Å². The molecule has 0 spiro atoms. The molecule has 3 N–H and O–H groups in total. The highest BCUT2D eigenvalue weighted by Gasteiger charge is 2.37. The largest absolute Gasteiger partial charge is 0.492 e. The second kappa shape index (κ2) is 7.10. The summed E-state index contributed by atoms with van der Waals surface area (Å²) in [5.74, 6) is -0.620. The summed E-state index contributed by atoms with van der Waals surface area (Å²) in [5, 5.41) is 26.7. The fraction of sp³-hybridized carbons (Fsp3) is 0.250. The molecule has 1 aliphatic heterocycles. The van der Waals surface area contributed by atoms with Crippen molar-refractivity contribution in [2.24, 2.45) is 0 Å². The van der Waals surface area contributed by atoms with E-state index in [1.807, 2.05) is 0 Å². The van der Waals surface area contributed by atoms with Crippen molar-refractivity contribution in [2.75, 3.05) is 7.11 Å². The Balaban J connectivity index is 1.90. The summed E-state index contributed by atoms with van der Waals surface area (Å²) in [6.45, 7) is 1.78. The fourth-order valence-electron chi connectivity index (χ4n) is 2.83. The summed E-state index contributed by atoms with van der Waals surface area (Å²) in [6, 6.07) is 3.27. The highest BCUT2D eigenvalue weighted by molar-refractivity contribution is 6.62. The van der Waals surface area contributed by atoms with Gasteiger partial charge in [0, 0.05) is 0 Å². The smallest absolute Gasteiger partial charge is 0.481 e. The van der Waals surface area contributed by atoms with Crippen molar-refractivity contribution in [1.82, 2.24) is 9.97 Å². The van der Waals surface area contributed by atoms with Gasteiger partial charge in [-0.1, -0.05) is 0 Å². The van der Waals surface area contributed by atoms with Gasteiger partial charge >= 0.3 is 13.1 Å². The molecule has 0 amide bonds. The number of aromatic nitrogens is 2. The highest BCUT2D eigenvalue weighted by atomic mass is 16.5. The number of nitrogens with zero attached hydrogens (tertiary/aromatic N) is 2. The maximum absolute atomic E-state index is 11.0. The predicted molar refractivity (Wildman–Crippen MR) is 90.8 cm³/mol. The molecular formula is C16H16BN3O6. The minimum Gasteiger partial charge on any atom is -0.481 e. The Bertz CT molecular complexity index is 875. The number of carboxylic acid groups (broad SMARTS) is 1. The van der Waals surface area contributed by atoms with E-state index in [2.05, 4.69) is 9.97 Å². The maximum Gasteiger partial charge on any atom is 0.492 e. The van der Waals surface area contributed by atoms with Crippen molar-refractivity contribution in [3.63, 3.8) is 0 Å². The van der Waals surface area contributed by atoms with E-state index < -0.39 is 19.2 Å². The van der Waals surface area contributed by atoms with E-state index >= 15 is 0 Å². The molecule has 0 saturated carbocycles. The summed E-state index contributed by atoms with van der Waals surface area (Å²) < 4.78 is 15.8. The molecule has 1 aliphatic rings. The topological polar surface area (TPSA) is 135 Å². The molecule has 0 saturated heterocycles. The Morgan fingerprint density at radius 1 is 1.42 bits per heavy atom. The minimum atomic E-state index is -1.23. The van der Waals surface area contributed by atoms with Gasteiger partial charge in [-0.25, -0.2) is 4.98 Å². The lowest BCUT2D eigenvalue weighted by Gasteiger charge is -2.13. The van der Waals surface area contributed by atoms with Gasteiger partial charge in [0.05, 0.1) is 32.0 Å². The molecule has 3 rings (SSSR count). The zero-order valence-corrected chi connectivity index (χ0v) is 14.1. The highest BCUT2D eigenvalue weighted by Crippen LogP contribution is 2.32. The monoisotopic (exact) mass is 357 g/mol. The summed E-state index contributed by atoms with van der Waals surface area (Å²) >= 11 is 0. The average Bonchev–Trinajstić information content (AvgIpc) is 2.89. The molecule has 1 unspecified atom stereocenters. The number of methoxy groups -OCH3 is 1. The number of carbonyl (C=O) groups is 1. The van der Waals surface area contributed by atoms with Crippen LogP contribution >= 0.6 is 0 Å². The molecule has 134 valence electrons. The third kappa shape index (κ3) is 3.51. The average molecular weight is 357 g/mol. The molecular weight excluding hydrogens is 341 g/mol. The van der Waals surface area contributed by atoms with Crippen molar-refractivity contribution in [2.45, 2.75) is 19.4 Å². The molecule has 0 radical (unpaired) electrons. The van der Waals surface area contributed by atoms with Crippen molar-refractivity contribution in [1.29, 1.82) is 5.41 Å². The number of hydrogen-bond acceptors (Lipinski definition) is 8. The van der Waals surface area contributed by atoms with Gasteiger partial charge in [-0.05, 0) is 35.6 Å². The van der Waals surface area contributed by atoms with Gasteiger partial charge in [-0.3, -0.25) is 15.2 Å². The first-order chi connectivity index (χ1) is 12.4. The van der Waals surface area contributed by atoms with Crippen molar-refractivity contribution in [3.05, 3.63) is 41.3 Å². The molecule has 26 heavy (non-hydrogen) atoms. The second-order valence-corrected chi connectivity index (χ2v) is 5.70. The van der Waals surface area contributed by atoms with E-state index in [9.17, 15) is 9.82 Å². The van der Waals surface area contributed by atoms with E-state index in [0.29, 0.717) is 16.8 Å². The van der Waals surface area contributed by atoms with Crippen molar-refractivity contribution in [3.8, 4) is 11.6 Å². The third-order valence-electron chi connectivity index (χ3n) is 3.91. The van der Waals surface area contributed by atoms with E-state index in [-0.39, 0.29) is 23.9 Å². The number of fused-ring (bicyclic) bond motifs is 1. The lowest BCUT2D eigenvalue weighted by Crippen LogP contribution is -2.28. The van der Waals surface area contributed by atoms with Crippen LogP contribution in [0.3, 0.4) is 0 Å². The molecule has 0 aliphatic carbocycles. The van der Waals surface area contributed by atoms with Gasteiger partial charge < -0.3 is 24.3 Å². The first-order valence-corrected chi connectivity index (χ1v) is 7.71. The molecule has 9 nitrogen and oxygen atoms in total. The minimum absolute atomic E-state index is 0.145. The van der Waals surface area contributed by atoms with Crippen LogP contribution in [-0.4, -0.2) is 46.2 Å². The van der Waals surface area contributed by atoms with Gasteiger partial charge in [-0.15, -0.1) is 0 Å². The first kappa shape index (κ1) is 17.8. The molecule has 1 atom stereocenters. The zero-order valence-electron chi connectivity index (χ0n) is 14.1. The Morgan fingerprint density at radius 2 is 2.19 bits per heavy atom. The van der Waals surface area contributed by atoms with E-state index in [4.69, 9.17) is 24.6 Å². The van der Waals surface area contributed by atoms with Crippen LogP contribution in [-0.2, 0) is 14.2 Å². The molecule has 1 aromatic carbocycles. The van der Waals surface area contributed by atoms with Crippen LogP contribution in [0.4, 0.5) is 0 Å². The number of nitrogens with one attached hydrogen (secondary N) is 1. The lowest BCUT2D eigenvalue weighted by molar-refractivity contribution is -0.138. The quantitative estimate of drug-likeness (QED) is 0.406. The number of hydrogen-bond donors (Lipinski definition) is 3. The molecule has 10 heteroatoms. The van der Waals surface area contributed by atoms with Crippen LogP contribution < -0.4 is 10.2 Å². The first-order valence-electron chi connectivity index (χ1n) is 7.71. The standard InChI is InChI=1S/C16H16BN3O6/c1-8-3-9(25-13-7-19-6-11(20-13)16(18)24-2)4-10-15(8)12(5-14(21)22)26-17(10)23/h3-4,6-7,12,18,23H,5H2,1-2H3,(H,21,22). The van der Waals surface area contributed by atoms with Crippen LogP contribution in [0.2, 0.25) is 0 Å². The molecule has 2 heterocycles. The van der Waals surface area contributed by atoms with Crippen molar-refractivity contribution >= 4 is 24.4 Å². The normalized spacial score (nSPS) is 15.5. The van der Waals surface area contributed by atoms with Crippen molar-refractivity contribution < 1.29 is 29.1 Å². The number of rotatable bonds is 5. The SMILES string of the molecule is COC(=N)c1cncc(Oc2cc(C)c3c(c2)B(O)OC3CC(=O)O)n1. The fourth-order valence-corrected chi connectivity index (χ4v) is 2.83. The summed E-state index contributed by atoms with van der Waals surface area (Å²) in [4.78, 5) is 19.1. The third-order valence-corrected chi connectivity index (χ3v) is 3.91. The van der Waals surface area contributed by atoms with Gasteiger partial charge in [0.15, 0.2) is 0 Å². The van der Waals surface area contributed by atoms with Gasteiger partial charge in [-0.2, -0.15) is 0 Å². The van der Waals surface area contributed by atoms with Gasteiger partial charge in [0.2, 0.25) is 11.8 Å². The summed E-state index contributed by atoms with van der Waals surface area (Å²) in [6.07, 6.45) is 1.81. The summed E-state index contributed by atoms with van der Waals surface area (Å²) in [5.41, 5.74) is 2.05. The number of aryl methyl sites for hydroxylation is 1. The van der Waals surface area contributed by atoms with Crippen LogP contribution in [0.1, 0.15) is 29.3 Å². The number of aliphatic carboxylic acids is 1. The summed E-state index contributed by atoms with van der Waals surface area (Å²) in [7, 11) is 0.131. The molecule has 1 aromatic heterocycles. The predicted octanol–water partition coefficient (Wildman–Crippen LogP) is 0.783. The molecule has 0 bridgehead atoms. The van der Waals surface area contributed by atoms with Crippen LogP contribution in [0.5, 0.6) is 11.6 Å². The van der Waals surface area contributed by atoms with Crippen LogP contribution in [0, 0.1) is 12.3 Å². The van der Waals surface area contributed by atoms with E-state index in [0.717, 1.165) is 5.56 Å². The second-order valence-electron chi connectivity index (χ2n) is 5.70. The molecule has 0 fully saturated rings. The Morgan fingerprint density at radius 3 is 2.88 bits per heavy atom. The van der Waals surface area contributed by atoms with Gasteiger partial charge in [0.25, 0.3) is 0 Å². The Hall–Kier alpha value is -2.98. The maximum atomic E-state index is 11.0. The van der Waals surface area contributed by atoms with Crippen LogP contribution in [0.15, 0.2) is 24.5 Å².